The second-order valence-electron chi connectivity index (χ2n) is 3.79. The highest BCUT2D eigenvalue weighted by atomic mass is 16.5. The summed E-state index contributed by atoms with van der Waals surface area (Å²) in [7, 11) is 0. The van der Waals surface area contributed by atoms with Crippen molar-refractivity contribution in [1.29, 1.82) is 0 Å². The number of hydrogen-bond acceptors (Lipinski definition) is 3. The standard InChI is InChI=1S/C11H23NO2/c1-2-3-6-12-7-10-14-11-4-8-13-9-5-11/h11-12H,2-10H2,1H3. The van der Waals surface area contributed by atoms with Crippen LogP contribution in [0, 0.1) is 0 Å². The first-order valence-corrected chi connectivity index (χ1v) is 5.83. The third-order valence-electron chi connectivity index (χ3n) is 2.51. The van der Waals surface area contributed by atoms with Crippen molar-refractivity contribution in [2.45, 2.75) is 38.7 Å². The van der Waals surface area contributed by atoms with Crippen LogP contribution in [0.15, 0.2) is 0 Å². The van der Waals surface area contributed by atoms with Crippen molar-refractivity contribution in [3.05, 3.63) is 0 Å². The van der Waals surface area contributed by atoms with Crippen LogP contribution in [0.3, 0.4) is 0 Å². The van der Waals surface area contributed by atoms with E-state index in [1.807, 2.05) is 0 Å². The lowest BCUT2D eigenvalue weighted by molar-refractivity contribution is -0.0304. The highest BCUT2D eigenvalue weighted by Crippen LogP contribution is 2.09. The van der Waals surface area contributed by atoms with Gasteiger partial charge < -0.3 is 14.8 Å². The van der Waals surface area contributed by atoms with E-state index in [1.165, 1.54) is 12.8 Å². The van der Waals surface area contributed by atoms with Crippen LogP contribution in [0.5, 0.6) is 0 Å². The van der Waals surface area contributed by atoms with Crippen molar-refractivity contribution in [3.8, 4) is 0 Å². The molecule has 1 N–H and O–H groups in total. The maximum absolute atomic E-state index is 5.72. The van der Waals surface area contributed by atoms with Crippen molar-refractivity contribution >= 4 is 0 Å². The van der Waals surface area contributed by atoms with Gasteiger partial charge in [0.15, 0.2) is 0 Å². The zero-order chi connectivity index (χ0) is 10.1. The molecular formula is C11H23NO2. The molecule has 1 aliphatic heterocycles. The molecule has 0 aromatic heterocycles. The van der Waals surface area contributed by atoms with Crippen LogP contribution in [0.2, 0.25) is 0 Å². The first kappa shape index (κ1) is 12.0. The van der Waals surface area contributed by atoms with Gasteiger partial charge in [-0.1, -0.05) is 13.3 Å². The minimum atomic E-state index is 0.441. The van der Waals surface area contributed by atoms with E-state index in [0.717, 1.165) is 45.8 Å². The van der Waals surface area contributed by atoms with Crippen molar-refractivity contribution in [1.82, 2.24) is 5.32 Å². The molecule has 3 nitrogen and oxygen atoms in total. The summed E-state index contributed by atoms with van der Waals surface area (Å²) in [6, 6.07) is 0. The lowest BCUT2D eigenvalue weighted by atomic mass is 10.2. The summed E-state index contributed by atoms with van der Waals surface area (Å²) in [5.74, 6) is 0. The van der Waals surface area contributed by atoms with Crippen LogP contribution in [0.4, 0.5) is 0 Å². The number of nitrogens with one attached hydrogen (secondary N) is 1. The molecule has 3 heteroatoms. The Hall–Kier alpha value is -0.120. The molecule has 0 amide bonds. The Bertz CT molecular complexity index is 124. The van der Waals surface area contributed by atoms with Gasteiger partial charge in [0.1, 0.15) is 0 Å². The average molecular weight is 201 g/mol. The Balaban J connectivity index is 1.82. The second-order valence-corrected chi connectivity index (χ2v) is 3.79. The molecule has 0 aromatic carbocycles. The molecule has 1 aliphatic rings. The zero-order valence-electron chi connectivity index (χ0n) is 9.26. The van der Waals surface area contributed by atoms with Gasteiger partial charge in [0.2, 0.25) is 0 Å². The summed E-state index contributed by atoms with van der Waals surface area (Å²) in [4.78, 5) is 0. The largest absolute Gasteiger partial charge is 0.381 e. The van der Waals surface area contributed by atoms with Crippen LogP contribution in [0.1, 0.15) is 32.6 Å². The van der Waals surface area contributed by atoms with Gasteiger partial charge in [0.25, 0.3) is 0 Å². The molecule has 0 radical (unpaired) electrons. The van der Waals surface area contributed by atoms with E-state index < -0.39 is 0 Å². The van der Waals surface area contributed by atoms with Crippen LogP contribution in [-0.2, 0) is 9.47 Å². The molecule has 1 rings (SSSR count). The van der Waals surface area contributed by atoms with Crippen LogP contribution < -0.4 is 5.32 Å². The van der Waals surface area contributed by atoms with E-state index in [9.17, 15) is 0 Å². The Morgan fingerprint density at radius 2 is 2.07 bits per heavy atom. The first-order valence-electron chi connectivity index (χ1n) is 5.83. The number of unbranched alkanes of at least 4 members (excludes halogenated alkanes) is 1. The fourth-order valence-corrected chi connectivity index (χ4v) is 1.57. The summed E-state index contributed by atoms with van der Waals surface area (Å²) in [5.41, 5.74) is 0. The van der Waals surface area contributed by atoms with Crippen LogP contribution >= 0.6 is 0 Å². The lowest BCUT2D eigenvalue weighted by Crippen LogP contribution is -2.27. The molecule has 0 saturated carbocycles. The van der Waals surface area contributed by atoms with Gasteiger partial charge in [-0.15, -0.1) is 0 Å². The van der Waals surface area contributed by atoms with E-state index in [4.69, 9.17) is 9.47 Å². The minimum absolute atomic E-state index is 0.441. The molecule has 0 atom stereocenters. The number of hydrogen-bond donors (Lipinski definition) is 1. The summed E-state index contributed by atoms with van der Waals surface area (Å²) in [5, 5.41) is 3.37. The van der Waals surface area contributed by atoms with Crippen LogP contribution in [0.25, 0.3) is 0 Å². The van der Waals surface area contributed by atoms with Gasteiger partial charge in [-0.3, -0.25) is 0 Å². The van der Waals surface area contributed by atoms with Gasteiger partial charge in [0.05, 0.1) is 12.7 Å². The Labute approximate surface area is 87.2 Å². The van der Waals surface area contributed by atoms with Crippen molar-refractivity contribution in [2.24, 2.45) is 0 Å². The van der Waals surface area contributed by atoms with Gasteiger partial charge in [0, 0.05) is 19.8 Å². The van der Waals surface area contributed by atoms with Crippen molar-refractivity contribution < 1.29 is 9.47 Å². The van der Waals surface area contributed by atoms with Crippen molar-refractivity contribution in [3.63, 3.8) is 0 Å². The molecular weight excluding hydrogens is 178 g/mol. The predicted molar refractivity (Wildman–Crippen MR) is 57.6 cm³/mol. The monoisotopic (exact) mass is 201 g/mol. The summed E-state index contributed by atoms with van der Waals surface area (Å²) < 4.78 is 11.0. The zero-order valence-corrected chi connectivity index (χ0v) is 9.26. The topological polar surface area (TPSA) is 30.5 Å². The van der Waals surface area contributed by atoms with Gasteiger partial charge in [-0.05, 0) is 25.8 Å². The minimum Gasteiger partial charge on any atom is -0.381 e. The third kappa shape index (κ3) is 5.58. The highest BCUT2D eigenvalue weighted by Gasteiger charge is 2.13. The Morgan fingerprint density at radius 1 is 1.29 bits per heavy atom. The number of ether oxygens (including phenoxy) is 2. The molecule has 0 spiro atoms. The summed E-state index contributed by atoms with van der Waals surface area (Å²) in [6.45, 7) is 6.89. The summed E-state index contributed by atoms with van der Waals surface area (Å²) in [6.07, 6.45) is 5.09. The van der Waals surface area contributed by atoms with E-state index >= 15 is 0 Å². The molecule has 84 valence electrons. The molecule has 14 heavy (non-hydrogen) atoms. The fraction of sp³-hybridized carbons (Fsp3) is 1.00. The van der Waals surface area contributed by atoms with E-state index in [-0.39, 0.29) is 0 Å². The molecule has 0 bridgehead atoms. The first-order chi connectivity index (χ1) is 6.93. The molecule has 1 saturated heterocycles. The molecule has 0 aliphatic carbocycles. The third-order valence-corrected chi connectivity index (χ3v) is 2.51. The fourth-order valence-electron chi connectivity index (χ4n) is 1.57. The maximum Gasteiger partial charge on any atom is 0.0619 e. The van der Waals surface area contributed by atoms with E-state index in [1.54, 1.807) is 0 Å². The molecule has 0 aromatic rings. The smallest absolute Gasteiger partial charge is 0.0619 e. The SMILES string of the molecule is CCCCNCCOC1CCOCC1. The maximum atomic E-state index is 5.72. The van der Waals surface area contributed by atoms with E-state index in [0.29, 0.717) is 6.10 Å². The number of rotatable bonds is 7. The lowest BCUT2D eigenvalue weighted by Gasteiger charge is -2.22. The summed E-state index contributed by atoms with van der Waals surface area (Å²) >= 11 is 0. The molecule has 1 heterocycles. The molecule has 0 unspecified atom stereocenters. The highest BCUT2D eigenvalue weighted by molar-refractivity contribution is 4.62. The van der Waals surface area contributed by atoms with Gasteiger partial charge >= 0.3 is 0 Å². The second kappa shape index (κ2) is 8.21. The Morgan fingerprint density at radius 3 is 2.79 bits per heavy atom. The van der Waals surface area contributed by atoms with Gasteiger partial charge in [-0.2, -0.15) is 0 Å². The normalized spacial score (nSPS) is 18.6. The predicted octanol–water partition coefficient (Wildman–Crippen LogP) is 1.57. The van der Waals surface area contributed by atoms with Crippen molar-refractivity contribution in [2.75, 3.05) is 32.9 Å². The van der Waals surface area contributed by atoms with E-state index in [2.05, 4.69) is 12.2 Å². The average Bonchev–Trinajstić information content (AvgIpc) is 2.25. The molecule has 1 fully saturated rings. The van der Waals surface area contributed by atoms with Crippen LogP contribution in [-0.4, -0.2) is 39.0 Å². The Kier molecular flexibility index (Phi) is 7.01. The quantitative estimate of drug-likeness (QED) is 0.634. The van der Waals surface area contributed by atoms with Gasteiger partial charge in [-0.25, -0.2) is 0 Å².